The van der Waals surface area contributed by atoms with Gasteiger partial charge >= 0.3 is 0 Å². The molecule has 3 saturated carbocycles. The maximum Gasteiger partial charge on any atom is 0.254 e. The van der Waals surface area contributed by atoms with E-state index >= 15 is 0 Å². The summed E-state index contributed by atoms with van der Waals surface area (Å²) in [6.07, 6.45) is 5.03. The average molecular weight is 482 g/mol. The number of hydrogen-bond donors (Lipinski definition) is 0. The first-order valence-electron chi connectivity index (χ1n) is 13.3. The van der Waals surface area contributed by atoms with E-state index in [1.165, 1.54) is 25.7 Å². The first kappa shape index (κ1) is 20.8. The summed E-state index contributed by atoms with van der Waals surface area (Å²) >= 11 is 0. The van der Waals surface area contributed by atoms with Gasteiger partial charge in [-0.2, -0.15) is 0 Å². The Labute approximate surface area is 210 Å². The van der Waals surface area contributed by atoms with Gasteiger partial charge in [-0.1, -0.05) is 0 Å². The fourth-order valence-electron chi connectivity index (χ4n) is 7.33. The van der Waals surface area contributed by atoms with Gasteiger partial charge in [-0.15, -0.1) is 0 Å². The predicted molar refractivity (Wildman–Crippen MR) is 138 cm³/mol. The minimum Gasteiger partial charge on any atom is -0.494 e. The summed E-state index contributed by atoms with van der Waals surface area (Å²) < 4.78 is 10.3. The number of fused-ring (bicyclic) bond motifs is 2. The molecule has 0 bridgehead atoms. The molecule has 8 rings (SSSR count). The van der Waals surface area contributed by atoms with Crippen molar-refractivity contribution in [1.82, 2.24) is 24.0 Å². The molecule has 7 heteroatoms. The number of ether oxygens (including phenoxy) is 1. The molecule has 4 atom stereocenters. The number of methoxy groups -OCH3 is 1. The normalized spacial score (nSPS) is 26.2. The van der Waals surface area contributed by atoms with Crippen molar-refractivity contribution in [3.8, 4) is 17.3 Å². The maximum absolute atomic E-state index is 13.6. The Morgan fingerprint density at radius 1 is 1.11 bits per heavy atom. The molecule has 3 aliphatic carbocycles. The van der Waals surface area contributed by atoms with Crippen LogP contribution in [0.5, 0.6) is 5.75 Å². The van der Waals surface area contributed by atoms with E-state index in [2.05, 4.69) is 32.2 Å². The Morgan fingerprint density at radius 3 is 2.72 bits per heavy atom. The highest BCUT2D eigenvalue weighted by atomic mass is 16.5. The van der Waals surface area contributed by atoms with E-state index in [0.29, 0.717) is 23.3 Å². The van der Waals surface area contributed by atoms with Crippen LogP contribution in [0.25, 0.3) is 33.6 Å². The fraction of sp³-hybridized carbons (Fsp3) is 0.483. The first-order chi connectivity index (χ1) is 17.5. The van der Waals surface area contributed by atoms with E-state index in [1.807, 2.05) is 26.1 Å². The molecule has 4 aliphatic rings. The SMILES string of the molecule is COc1cc(C(=O)N2C[C@H]3CC4C[C@@H]2[C@H]43)cc2nc(-c3cc4ccc(C)nc4n3CC3CC3)n(C)c12. The van der Waals surface area contributed by atoms with E-state index in [1.54, 1.807) is 7.11 Å². The molecular formula is C29H31N5O2. The van der Waals surface area contributed by atoms with Crippen LogP contribution in [-0.2, 0) is 13.6 Å². The molecule has 1 aromatic carbocycles. The molecule has 1 amide bonds. The number of aromatic nitrogens is 4. The summed E-state index contributed by atoms with van der Waals surface area (Å²) in [5, 5.41) is 1.13. The van der Waals surface area contributed by atoms with Crippen LogP contribution in [0.1, 0.15) is 41.7 Å². The second-order valence-electron chi connectivity index (χ2n) is 11.6. The number of aryl methyl sites for hydroxylation is 2. The van der Waals surface area contributed by atoms with Gasteiger partial charge in [0.15, 0.2) is 5.82 Å². The quantitative estimate of drug-likeness (QED) is 0.411. The van der Waals surface area contributed by atoms with Crippen LogP contribution < -0.4 is 4.74 Å². The molecule has 7 nitrogen and oxygen atoms in total. The van der Waals surface area contributed by atoms with Crippen LogP contribution in [0.4, 0.5) is 0 Å². The number of carbonyl (C=O) groups is 1. The number of carbonyl (C=O) groups excluding carboxylic acids is 1. The standard InChI is InChI=1S/C29H31N5O2/c1-15-4-7-17-10-23(33(27(17)30-15)13-16-5-6-16)28-31-21-9-19(12-24(36-3)26(21)32(28)2)29(35)34-14-20-8-18-11-22(34)25(18)20/h4,7,9-10,12,16,18,20,22,25H,5-6,8,11,13-14H2,1-3H3/t18?,20-,22-,25-/m1/s1. The lowest BCUT2D eigenvalue weighted by atomic mass is 9.53. The summed E-state index contributed by atoms with van der Waals surface area (Å²) in [6, 6.07) is 10.7. The molecule has 4 aromatic rings. The Kier molecular flexibility index (Phi) is 4.11. The second kappa shape index (κ2) is 7.11. The zero-order valence-corrected chi connectivity index (χ0v) is 21.1. The molecule has 3 aromatic heterocycles. The number of benzene rings is 1. The molecule has 0 N–H and O–H groups in total. The minimum absolute atomic E-state index is 0.128. The van der Waals surface area contributed by atoms with Gasteiger partial charge in [0.05, 0.1) is 18.3 Å². The largest absolute Gasteiger partial charge is 0.494 e. The Hall–Kier alpha value is -3.35. The van der Waals surface area contributed by atoms with Crippen molar-refractivity contribution in [2.75, 3.05) is 13.7 Å². The highest BCUT2D eigenvalue weighted by Gasteiger charge is 2.61. The first-order valence-corrected chi connectivity index (χ1v) is 13.3. The highest BCUT2D eigenvalue weighted by molar-refractivity contribution is 6.00. The number of nitrogens with zero attached hydrogens (tertiary/aromatic N) is 5. The third-order valence-electron chi connectivity index (χ3n) is 9.43. The number of imidazole rings is 1. The third kappa shape index (κ3) is 2.77. The summed E-state index contributed by atoms with van der Waals surface area (Å²) in [5.74, 6) is 4.76. The van der Waals surface area contributed by atoms with Gasteiger partial charge in [-0.3, -0.25) is 4.79 Å². The summed E-state index contributed by atoms with van der Waals surface area (Å²) in [4.78, 5) is 25.7. The summed E-state index contributed by atoms with van der Waals surface area (Å²) in [6.45, 7) is 3.91. The molecule has 4 heterocycles. The van der Waals surface area contributed by atoms with Crippen molar-refractivity contribution in [2.24, 2.45) is 30.7 Å². The van der Waals surface area contributed by atoms with E-state index in [0.717, 1.165) is 70.1 Å². The molecule has 36 heavy (non-hydrogen) atoms. The zero-order chi connectivity index (χ0) is 24.3. The van der Waals surface area contributed by atoms with Crippen molar-refractivity contribution in [2.45, 2.75) is 45.2 Å². The van der Waals surface area contributed by atoms with Gasteiger partial charge in [0.2, 0.25) is 0 Å². The van der Waals surface area contributed by atoms with E-state index < -0.39 is 0 Å². The smallest absolute Gasteiger partial charge is 0.254 e. The topological polar surface area (TPSA) is 65.2 Å². The van der Waals surface area contributed by atoms with Gasteiger partial charge in [-0.05, 0) is 86.6 Å². The average Bonchev–Trinajstić information content (AvgIpc) is 3.53. The van der Waals surface area contributed by atoms with Crippen LogP contribution >= 0.6 is 0 Å². The lowest BCUT2D eigenvalue weighted by Crippen LogP contribution is -2.53. The van der Waals surface area contributed by atoms with Crippen LogP contribution in [0, 0.1) is 30.6 Å². The third-order valence-corrected chi connectivity index (χ3v) is 9.43. The van der Waals surface area contributed by atoms with E-state index in [9.17, 15) is 4.79 Å². The van der Waals surface area contributed by atoms with Crippen LogP contribution in [0.3, 0.4) is 0 Å². The molecule has 4 fully saturated rings. The number of pyridine rings is 1. The van der Waals surface area contributed by atoms with Crippen molar-refractivity contribution in [3.05, 3.63) is 41.6 Å². The number of amides is 1. The maximum atomic E-state index is 13.6. The minimum atomic E-state index is 0.128. The molecule has 1 aliphatic heterocycles. The molecule has 1 saturated heterocycles. The second-order valence-corrected chi connectivity index (χ2v) is 11.6. The van der Waals surface area contributed by atoms with Crippen LogP contribution in [0.2, 0.25) is 0 Å². The van der Waals surface area contributed by atoms with Gasteiger partial charge in [0.25, 0.3) is 5.91 Å². The zero-order valence-electron chi connectivity index (χ0n) is 21.1. The predicted octanol–water partition coefficient (Wildman–Crippen LogP) is 4.80. The Balaban J connectivity index is 1.25. The van der Waals surface area contributed by atoms with Crippen LogP contribution in [-0.4, -0.2) is 49.6 Å². The van der Waals surface area contributed by atoms with Gasteiger partial charge in [-0.25, -0.2) is 9.97 Å². The van der Waals surface area contributed by atoms with E-state index in [-0.39, 0.29) is 5.91 Å². The van der Waals surface area contributed by atoms with Crippen molar-refractivity contribution >= 4 is 28.0 Å². The van der Waals surface area contributed by atoms with Crippen LogP contribution in [0.15, 0.2) is 30.3 Å². The van der Waals surface area contributed by atoms with Crippen molar-refractivity contribution in [1.29, 1.82) is 0 Å². The van der Waals surface area contributed by atoms with Gasteiger partial charge < -0.3 is 18.8 Å². The fourth-order valence-corrected chi connectivity index (χ4v) is 7.33. The van der Waals surface area contributed by atoms with E-state index in [4.69, 9.17) is 14.7 Å². The lowest BCUT2D eigenvalue weighted by molar-refractivity contribution is -0.0204. The highest BCUT2D eigenvalue weighted by Crippen LogP contribution is 2.60. The van der Waals surface area contributed by atoms with Gasteiger partial charge in [0.1, 0.15) is 16.9 Å². The molecule has 0 radical (unpaired) electrons. The number of hydrogen-bond acceptors (Lipinski definition) is 4. The number of likely N-dealkylation sites (tertiary alicyclic amines) is 1. The summed E-state index contributed by atoms with van der Waals surface area (Å²) in [5.41, 5.74) is 5.52. The monoisotopic (exact) mass is 481 g/mol. The Bertz CT molecular complexity index is 1580. The Morgan fingerprint density at radius 2 is 1.97 bits per heavy atom. The van der Waals surface area contributed by atoms with Crippen molar-refractivity contribution in [3.63, 3.8) is 0 Å². The molecular weight excluding hydrogens is 450 g/mol. The van der Waals surface area contributed by atoms with Crippen molar-refractivity contribution < 1.29 is 9.53 Å². The lowest BCUT2D eigenvalue weighted by Gasteiger charge is -2.52. The molecule has 184 valence electrons. The van der Waals surface area contributed by atoms with Gasteiger partial charge in [0, 0.05) is 42.8 Å². The summed E-state index contributed by atoms with van der Waals surface area (Å²) in [7, 11) is 3.72. The number of rotatable bonds is 5. The molecule has 0 spiro atoms. The molecule has 1 unspecified atom stereocenters.